The maximum absolute atomic E-state index is 13.7. The third kappa shape index (κ3) is 3.23. The molecule has 0 heterocycles. The van der Waals surface area contributed by atoms with Crippen LogP contribution in [0.15, 0.2) is 45.8 Å². The van der Waals surface area contributed by atoms with Gasteiger partial charge in [-0.05, 0) is 36.4 Å². The summed E-state index contributed by atoms with van der Waals surface area (Å²) in [5, 5.41) is 0.308. The van der Waals surface area contributed by atoms with Gasteiger partial charge in [-0.1, -0.05) is 27.5 Å². The summed E-state index contributed by atoms with van der Waals surface area (Å²) in [6.07, 6.45) is 0. The van der Waals surface area contributed by atoms with Crippen LogP contribution in [0.1, 0.15) is 0 Å². The summed E-state index contributed by atoms with van der Waals surface area (Å²) in [5.41, 5.74) is 6.01. The normalized spacial score (nSPS) is 11.3. The quantitative estimate of drug-likeness (QED) is 0.800. The van der Waals surface area contributed by atoms with Crippen LogP contribution < -0.4 is 10.5 Å². The molecule has 0 aliphatic heterocycles. The maximum Gasteiger partial charge on any atom is 0.264 e. The molecule has 0 unspecified atom stereocenters. The molecule has 0 aromatic heterocycles. The Hall–Kier alpha value is -1.31. The lowest BCUT2D eigenvalue weighted by Gasteiger charge is -2.10. The molecule has 0 saturated heterocycles. The van der Waals surface area contributed by atoms with Crippen molar-refractivity contribution in [3.63, 3.8) is 0 Å². The zero-order valence-electron chi connectivity index (χ0n) is 9.90. The number of halogens is 3. The SMILES string of the molecule is Nc1cc(NS(=O)(=O)c2ccc(Br)cc2F)ccc1Cl. The zero-order chi connectivity index (χ0) is 14.9. The number of hydrogen-bond acceptors (Lipinski definition) is 3. The van der Waals surface area contributed by atoms with E-state index in [1.165, 1.54) is 30.3 Å². The molecule has 0 saturated carbocycles. The van der Waals surface area contributed by atoms with E-state index in [1.807, 2.05) is 0 Å². The van der Waals surface area contributed by atoms with Gasteiger partial charge in [0.05, 0.1) is 16.4 Å². The van der Waals surface area contributed by atoms with Gasteiger partial charge in [0, 0.05) is 4.47 Å². The summed E-state index contributed by atoms with van der Waals surface area (Å²) in [4.78, 5) is -0.450. The van der Waals surface area contributed by atoms with Gasteiger partial charge in [-0.3, -0.25) is 4.72 Å². The summed E-state index contributed by atoms with van der Waals surface area (Å²) in [7, 11) is -4.03. The Morgan fingerprint density at radius 1 is 1.20 bits per heavy atom. The van der Waals surface area contributed by atoms with Crippen molar-refractivity contribution < 1.29 is 12.8 Å². The Bertz CT molecular complexity index is 768. The number of anilines is 2. The molecule has 0 spiro atoms. The molecule has 0 bridgehead atoms. The van der Waals surface area contributed by atoms with Gasteiger partial charge in [0.1, 0.15) is 10.7 Å². The van der Waals surface area contributed by atoms with Gasteiger partial charge in [-0.15, -0.1) is 0 Å². The molecule has 2 rings (SSSR count). The highest BCUT2D eigenvalue weighted by atomic mass is 79.9. The Morgan fingerprint density at radius 2 is 1.90 bits per heavy atom. The van der Waals surface area contributed by atoms with E-state index in [-0.39, 0.29) is 11.4 Å². The first-order valence-electron chi connectivity index (χ1n) is 5.32. The fourth-order valence-corrected chi connectivity index (χ4v) is 3.07. The predicted octanol–water partition coefficient (Wildman–Crippen LogP) is 3.62. The van der Waals surface area contributed by atoms with Gasteiger partial charge in [-0.2, -0.15) is 0 Å². The molecule has 2 aromatic rings. The van der Waals surface area contributed by atoms with Gasteiger partial charge >= 0.3 is 0 Å². The highest BCUT2D eigenvalue weighted by molar-refractivity contribution is 9.10. The van der Waals surface area contributed by atoms with Gasteiger partial charge < -0.3 is 5.73 Å². The van der Waals surface area contributed by atoms with Crippen molar-refractivity contribution in [2.45, 2.75) is 4.90 Å². The monoisotopic (exact) mass is 378 g/mol. The van der Waals surface area contributed by atoms with Crippen molar-refractivity contribution in [3.05, 3.63) is 51.7 Å². The molecule has 2 aromatic carbocycles. The fourth-order valence-electron chi connectivity index (χ4n) is 1.51. The number of sulfonamides is 1. The summed E-state index contributed by atoms with van der Waals surface area (Å²) in [6.45, 7) is 0. The van der Waals surface area contributed by atoms with Crippen molar-refractivity contribution in [2.75, 3.05) is 10.5 Å². The molecule has 4 nitrogen and oxygen atoms in total. The second kappa shape index (κ2) is 5.59. The highest BCUT2D eigenvalue weighted by Gasteiger charge is 2.19. The van der Waals surface area contributed by atoms with Crippen LogP contribution in [-0.2, 0) is 10.0 Å². The second-order valence-corrected chi connectivity index (χ2v) is 6.89. The van der Waals surface area contributed by atoms with Gasteiger partial charge in [-0.25, -0.2) is 12.8 Å². The fraction of sp³-hybridized carbons (Fsp3) is 0. The lowest BCUT2D eigenvalue weighted by atomic mass is 10.3. The molecule has 20 heavy (non-hydrogen) atoms. The van der Waals surface area contributed by atoms with E-state index >= 15 is 0 Å². The van der Waals surface area contributed by atoms with Crippen LogP contribution in [0, 0.1) is 5.82 Å². The Labute approximate surface area is 128 Å². The van der Waals surface area contributed by atoms with Crippen LogP contribution in [0.5, 0.6) is 0 Å². The van der Waals surface area contributed by atoms with E-state index in [0.717, 1.165) is 6.07 Å². The van der Waals surface area contributed by atoms with Crippen LogP contribution in [0.3, 0.4) is 0 Å². The predicted molar refractivity (Wildman–Crippen MR) is 80.8 cm³/mol. The van der Waals surface area contributed by atoms with Gasteiger partial charge in [0.25, 0.3) is 10.0 Å². The summed E-state index contributed by atoms with van der Waals surface area (Å²) < 4.78 is 40.6. The van der Waals surface area contributed by atoms with E-state index < -0.39 is 20.7 Å². The van der Waals surface area contributed by atoms with Crippen LogP contribution in [-0.4, -0.2) is 8.42 Å². The Morgan fingerprint density at radius 3 is 2.50 bits per heavy atom. The molecule has 0 aliphatic rings. The van der Waals surface area contributed by atoms with Crippen LogP contribution in [0.4, 0.5) is 15.8 Å². The van der Waals surface area contributed by atoms with Crippen molar-refractivity contribution in [3.8, 4) is 0 Å². The smallest absolute Gasteiger partial charge is 0.264 e. The molecule has 0 atom stereocenters. The number of hydrogen-bond donors (Lipinski definition) is 2. The molecule has 0 radical (unpaired) electrons. The van der Waals surface area contributed by atoms with Crippen LogP contribution in [0.25, 0.3) is 0 Å². The molecule has 0 aliphatic carbocycles. The molecule has 106 valence electrons. The van der Waals surface area contributed by atoms with Crippen molar-refractivity contribution in [1.82, 2.24) is 0 Å². The topological polar surface area (TPSA) is 72.2 Å². The number of nitrogens with two attached hydrogens (primary N) is 1. The number of benzene rings is 2. The summed E-state index contributed by atoms with van der Waals surface area (Å²) in [5.74, 6) is -0.853. The van der Waals surface area contributed by atoms with E-state index in [9.17, 15) is 12.8 Å². The minimum atomic E-state index is -4.03. The third-order valence-corrected chi connectivity index (χ3v) is 4.68. The summed E-state index contributed by atoms with van der Waals surface area (Å²) >= 11 is 8.81. The minimum absolute atomic E-state index is 0.203. The molecule has 0 amide bonds. The van der Waals surface area contributed by atoms with E-state index in [0.29, 0.717) is 9.50 Å². The Kier molecular flexibility index (Phi) is 4.22. The van der Waals surface area contributed by atoms with E-state index in [1.54, 1.807) is 0 Å². The third-order valence-electron chi connectivity index (χ3n) is 2.43. The standard InChI is InChI=1S/C12H9BrClFN2O2S/c13-7-1-4-12(10(15)5-7)20(18,19)17-8-2-3-9(14)11(16)6-8/h1-6,17H,16H2. The molecule has 0 fully saturated rings. The molecule has 3 N–H and O–H groups in total. The van der Waals surface area contributed by atoms with Gasteiger partial charge in [0.2, 0.25) is 0 Å². The second-order valence-electron chi connectivity index (χ2n) is 3.92. The average molecular weight is 380 g/mol. The van der Waals surface area contributed by atoms with E-state index in [2.05, 4.69) is 20.7 Å². The molecular weight excluding hydrogens is 371 g/mol. The van der Waals surface area contributed by atoms with Crippen molar-refractivity contribution in [1.29, 1.82) is 0 Å². The first-order valence-corrected chi connectivity index (χ1v) is 7.98. The number of nitrogen functional groups attached to an aromatic ring is 1. The number of rotatable bonds is 3. The zero-order valence-corrected chi connectivity index (χ0v) is 13.1. The highest BCUT2D eigenvalue weighted by Crippen LogP contribution is 2.26. The van der Waals surface area contributed by atoms with E-state index in [4.69, 9.17) is 17.3 Å². The van der Waals surface area contributed by atoms with Crippen molar-refractivity contribution in [2.24, 2.45) is 0 Å². The lowest BCUT2D eigenvalue weighted by molar-refractivity contribution is 0.570. The molecular formula is C12H9BrClFN2O2S. The van der Waals surface area contributed by atoms with Crippen molar-refractivity contribution >= 4 is 48.9 Å². The van der Waals surface area contributed by atoms with Gasteiger partial charge in [0.15, 0.2) is 0 Å². The number of nitrogens with one attached hydrogen (secondary N) is 1. The first kappa shape index (κ1) is 15.1. The molecule has 8 heteroatoms. The average Bonchev–Trinajstić information content (AvgIpc) is 2.33. The minimum Gasteiger partial charge on any atom is -0.397 e. The first-order chi connectivity index (χ1) is 9.29. The lowest BCUT2D eigenvalue weighted by Crippen LogP contribution is -2.14. The largest absolute Gasteiger partial charge is 0.397 e. The summed E-state index contributed by atoms with van der Waals surface area (Å²) in [6, 6.07) is 7.93. The maximum atomic E-state index is 13.7. The van der Waals surface area contributed by atoms with Crippen LogP contribution in [0.2, 0.25) is 5.02 Å². The van der Waals surface area contributed by atoms with Crippen LogP contribution >= 0.6 is 27.5 Å². The Balaban J connectivity index is 2.38.